The van der Waals surface area contributed by atoms with E-state index >= 15 is 0 Å². The molecule has 31 heavy (non-hydrogen) atoms. The normalized spacial score (nSPS) is 24.7. The lowest BCUT2D eigenvalue weighted by atomic mass is 9.62. The molecule has 3 nitrogen and oxygen atoms in total. The molecule has 0 amide bonds. The van der Waals surface area contributed by atoms with Gasteiger partial charge >= 0.3 is 24.7 Å². The Hall–Kier alpha value is -1.47. The molecule has 1 fully saturated rings. The van der Waals surface area contributed by atoms with E-state index < -0.39 is 84.9 Å². The highest BCUT2D eigenvalue weighted by atomic mass is 19.4. The predicted molar refractivity (Wildman–Crippen MR) is 77.9 cm³/mol. The van der Waals surface area contributed by atoms with Crippen molar-refractivity contribution >= 4 is 5.94 Å². The number of hydrogen-bond acceptors (Lipinski definition) is 3. The number of aliphatic hydroxyl groups is 2. The molecule has 1 saturated carbocycles. The highest BCUT2D eigenvalue weighted by Crippen LogP contribution is 2.58. The molecule has 1 aliphatic carbocycles. The van der Waals surface area contributed by atoms with Gasteiger partial charge in [0.05, 0.1) is 0 Å². The third-order valence-electron chi connectivity index (χ3n) is 5.48. The molecule has 15 heteroatoms. The van der Waals surface area contributed by atoms with Gasteiger partial charge in [-0.25, -0.2) is 4.79 Å². The van der Waals surface area contributed by atoms with E-state index in [1.165, 1.54) is 5.94 Å². The summed E-state index contributed by atoms with van der Waals surface area (Å²) in [6, 6.07) is 0. The van der Waals surface area contributed by atoms with Gasteiger partial charge in [0.2, 0.25) is 0 Å². The van der Waals surface area contributed by atoms with Gasteiger partial charge in [-0.1, -0.05) is 0 Å². The molecule has 0 aromatic carbocycles. The summed E-state index contributed by atoms with van der Waals surface area (Å²) in [5.41, 5.74) is -11.7. The Morgan fingerprint density at radius 1 is 0.710 bits per heavy atom. The lowest BCUT2D eigenvalue weighted by Crippen LogP contribution is -2.66. The molecule has 0 aliphatic heterocycles. The number of hydrogen-bond donors (Lipinski definition) is 2. The van der Waals surface area contributed by atoms with Gasteiger partial charge in [0.25, 0.3) is 11.2 Å². The summed E-state index contributed by atoms with van der Waals surface area (Å²) in [6.45, 7) is 0.963. The minimum Gasteiger partial charge on any atom is -0.373 e. The molecule has 0 heterocycles. The molecule has 0 aromatic rings. The largest absolute Gasteiger partial charge is 0.426 e. The van der Waals surface area contributed by atoms with Gasteiger partial charge < -0.3 is 10.2 Å². The first kappa shape index (κ1) is 27.6. The van der Waals surface area contributed by atoms with Crippen molar-refractivity contribution in [3.05, 3.63) is 5.57 Å². The molecular weight excluding hydrogens is 468 g/mol. The smallest absolute Gasteiger partial charge is 0.373 e. The first-order valence-electron chi connectivity index (χ1n) is 8.46. The van der Waals surface area contributed by atoms with Crippen molar-refractivity contribution in [1.82, 2.24) is 0 Å². The number of carbonyl (C=O) groups excluding carboxylic acids is 1. The third-order valence-corrected chi connectivity index (χ3v) is 5.48. The Labute approximate surface area is 166 Å². The lowest BCUT2D eigenvalue weighted by molar-refractivity contribution is -0.404. The molecule has 1 rings (SSSR count). The van der Waals surface area contributed by atoms with E-state index in [1.807, 2.05) is 0 Å². The number of rotatable bonds is 4. The van der Waals surface area contributed by atoms with Gasteiger partial charge in [0, 0.05) is 17.4 Å². The molecule has 0 aromatic heterocycles. The quantitative estimate of drug-likeness (QED) is 0.441. The van der Waals surface area contributed by atoms with Crippen LogP contribution in [0.2, 0.25) is 0 Å². The van der Waals surface area contributed by atoms with Crippen molar-refractivity contribution < 1.29 is 67.7 Å². The highest BCUT2D eigenvalue weighted by molar-refractivity contribution is 5.51. The molecule has 182 valence electrons. The summed E-state index contributed by atoms with van der Waals surface area (Å²) in [4.78, 5) is 10.6. The molecule has 0 bridgehead atoms. The minimum absolute atomic E-state index is 0.394. The van der Waals surface area contributed by atoms with Crippen LogP contribution >= 0.6 is 0 Å². The van der Waals surface area contributed by atoms with Gasteiger partial charge in [-0.05, 0) is 38.5 Å². The van der Waals surface area contributed by atoms with Gasteiger partial charge in [0.15, 0.2) is 0 Å². The zero-order chi connectivity index (χ0) is 24.8. The minimum atomic E-state index is -6.51. The van der Waals surface area contributed by atoms with E-state index in [0.717, 1.165) is 6.92 Å². The van der Waals surface area contributed by atoms with Crippen LogP contribution in [0.4, 0.5) is 52.7 Å². The molecule has 2 atom stereocenters. The van der Waals surface area contributed by atoms with Crippen LogP contribution in [0, 0.1) is 17.8 Å². The van der Waals surface area contributed by atoms with E-state index in [0.29, 0.717) is 0 Å². The second-order valence-corrected chi connectivity index (χ2v) is 7.58. The highest BCUT2D eigenvalue weighted by Gasteiger charge is 2.78. The van der Waals surface area contributed by atoms with Gasteiger partial charge in [0.1, 0.15) is 5.94 Å². The summed E-state index contributed by atoms with van der Waals surface area (Å²) in [5.74, 6) is -6.99. The maximum Gasteiger partial charge on any atom is 0.426 e. The van der Waals surface area contributed by atoms with E-state index in [4.69, 9.17) is 0 Å². The maximum absolute atomic E-state index is 13.2. The summed E-state index contributed by atoms with van der Waals surface area (Å²) < 4.78 is 158. The molecule has 2 unspecified atom stereocenters. The number of allylic oxidation sites excluding steroid dienone is 1. The van der Waals surface area contributed by atoms with E-state index in [2.05, 4.69) is 0 Å². The van der Waals surface area contributed by atoms with Crippen molar-refractivity contribution in [2.45, 2.75) is 68.5 Å². The summed E-state index contributed by atoms with van der Waals surface area (Å²) in [6.07, 6.45) is -31.5. The van der Waals surface area contributed by atoms with Crippen LogP contribution in [-0.4, -0.2) is 52.1 Å². The van der Waals surface area contributed by atoms with Crippen molar-refractivity contribution in [3.8, 4) is 0 Å². The Balaban J connectivity index is 3.68. The van der Waals surface area contributed by atoms with Gasteiger partial charge in [-0.15, -0.1) is 0 Å². The average Bonchev–Trinajstić information content (AvgIpc) is 2.55. The summed E-state index contributed by atoms with van der Waals surface area (Å²) in [5, 5.41) is 19.1. The SMILES string of the molecule is CC(=C=O)CC1CC(C(O)(C(F)(F)F)C(F)(F)F)CC(C(O)(C(F)(F)F)C(F)(F)F)C1. The lowest BCUT2D eigenvalue weighted by Gasteiger charge is -2.48. The van der Waals surface area contributed by atoms with Crippen LogP contribution in [0.3, 0.4) is 0 Å². The van der Waals surface area contributed by atoms with Crippen LogP contribution in [0.1, 0.15) is 32.6 Å². The van der Waals surface area contributed by atoms with Gasteiger partial charge in [-0.3, -0.25) is 0 Å². The van der Waals surface area contributed by atoms with Crippen molar-refractivity contribution in [1.29, 1.82) is 0 Å². The van der Waals surface area contributed by atoms with E-state index in [-0.39, 0.29) is 0 Å². The van der Waals surface area contributed by atoms with E-state index in [9.17, 15) is 67.7 Å². The molecule has 1 aliphatic rings. The van der Waals surface area contributed by atoms with Crippen LogP contribution in [0.25, 0.3) is 0 Å². The predicted octanol–water partition coefficient (Wildman–Crippen LogP) is 4.90. The Kier molecular flexibility index (Phi) is 7.24. The van der Waals surface area contributed by atoms with Crippen LogP contribution in [0.15, 0.2) is 5.57 Å². The molecule has 0 saturated heterocycles. The molecule has 2 N–H and O–H groups in total. The summed E-state index contributed by atoms with van der Waals surface area (Å²) >= 11 is 0. The molecule has 0 radical (unpaired) electrons. The van der Waals surface area contributed by atoms with Gasteiger partial charge in [-0.2, -0.15) is 52.7 Å². The van der Waals surface area contributed by atoms with Crippen molar-refractivity contribution in [2.75, 3.05) is 0 Å². The zero-order valence-corrected chi connectivity index (χ0v) is 15.4. The van der Waals surface area contributed by atoms with Crippen molar-refractivity contribution in [2.24, 2.45) is 17.8 Å². The average molecular weight is 484 g/mol. The zero-order valence-electron chi connectivity index (χ0n) is 15.4. The molecular formula is C16H16F12O3. The van der Waals surface area contributed by atoms with E-state index in [1.54, 1.807) is 0 Å². The van der Waals surface area contributed by atoms with Crippen LogP contribution in [0.5, 0.6) is 0 Å². The Bertz CT molecular complexity index is 623. The molecule has 0 spiro atoms. The fourth-order valence-electron chi connectivity index (χ4n) is 4.01. The first-order valence-corrected chi connectivity index (χ1v) is 8.46. The number of alkyl halides is 12. The second kappa shape index (κ2) is 8.14. The Morgan fingerprint density at radius 3 is 1.23 bits per heavy atom. The monoisotopic (exact) mass is 484 g/mol. The van der Waals surface area contributed by atoms with Crippen molar-refractivity contribution in [3.63, 3.8) is 0 Å². The number of halogens is 12. The standard InChI is InChI=1S/C16H16F12O3/c1-7(6-29)2-8-3-9(11(30,13(17,18)19)14(20,21)22)5-10(4-8)12(31,15(23,24)25)16(26,27)28/h8-10,30-31H,2-5H2,1H3. The summed E-state index contributed by atoms with van der Waals surface area (Å²) in [7, 11) is 0. The fraction of sp³-hybridized carbons (Fsp3) is 0.875. The fourth-order valence-corrected chi connectivity index (χ4v) is 4.01. The topological polar surface area (TPSA) is 57.5 Å². The Morgan fingerprint density at radius 2 is 1.00 bits per heavy atom. The first-order chi connectivity index (χ1) is 13.5. The maximum atomic E-state index is 13.2. The van der Waals surface area contributed by atoms with Crippen LogP contribution in [-0.2, 0) is 4.79 Å². The third kappa shape index (κ3) is 4.82. The second-order valence-electron chi connectivity index (χ2n) is 7.58. The van der Waals surface area contributed by atoms with Crippen LogP contribution < -0.4 is 0 Å².